The quantitative estimate of drug-likeness (QED) is 0.675. The number of nitrogens with zero attached hydrogens (tertiary/aromatic N) is 3. The highest BCUT2D eigenvalue weighted by Gasteiger charge is 2.19. The van der Waals surface area contributed by atoms with Crippen LogP contribution in [-0.2, 0) is 11.8 Å². The summed E-state index contributed by atoms with van der Waals surface area (Å²) in [6.07, 6.45) is 3.28. The first kappa shape index (κ1) is 13.8. The number of amides is 1. The molecule has 106 valence electrons. The van der Waals surface area contributed by atoms with Crippen LogP contribution < -0.4 is 5.32 Å². The summed E-state index contributed by atoms with van der Waals surface area (Å²) in [5.41, 5.74) is 0.293. The minimum absolute atomic E-state index is 0.293. The lowest BCUT2D eigenvalue weighted by molar-refractivity contribution is -0.146. The normalized spacial score (nSPS) is 12.1. The van der Waals surface area contributed by atoms with Gasteiger partial charge in [-0.1, -0.05) is 0 Å². The van der Waals surface area contributed by atoms with Crippen molar-refractivity contribution >= 4 is 11.9 Å². The maximum Gasteiger partial charge on any atom is 0.334 e. The van der Waals surface area contributed by atoms with E-state index >= 15 is 0 Å². The van der Waals surface area contributed by atoms with E-state index < -0.39 is 18.0 Å². The number of aliphatic hydroxyl groups excluding tert-OH is 1. The van der Waals surface area contributed by atoms with E-state index in [0.29, 0.717) is 11.4 Å². The third-order valence-corrected chi connectivity index (χ3v) is 2.74. The number of nitrogens with one attached hydrogen (secondary N) is 1. The molecule has 0 saturated heterocycles. The van der Waals surface area contributed by atoms with Gasteiger partial charge in [0.05, 0.1) is 12.7 Å². The standard InChI is InChI=1S/C12H14N4O4/c1-15-11(16-4-2-3-5-16)8(6-14-15)10(18)13-7-9(17)12(19)20/h2-6,9,17H,7H2,1H3,(H,13,18)(H,19,20). The Morgan fingerprint density at radius 2 is 2.05 bits per heavy atom. The lowest BCUT2D eigenvalue weighted by Gasteiger charge is -2.09. The van der Waals surface area contributed by atoms with E-state index in [1.165, 1.54) is 10.9 Å². The van der Waals surface area contributed by atoms with E-state index in [2.05, 4.69) is 10.4 Å². The molecule has 2 heterocycles. The molecule has 0 spiro atoms. The van der Waals surface area contributed by atoms with E-state index in [4.69, 9.17) is 10.2 Å². The summed E-state index contributed by atoms with van der Waals surface area (Å²) in [7, 11) is 1.69. The van der Waals surface area contributed by atoms with Crippen LogP contribution in [0.25, 0.3) is 5.82 Å². The molecule has 0 aliphatic heterocycles. The molecular formula is C12H14N4O4. The van der Waals surface area contributed by atoms with Gasteiger partial charge in [-0.2, -0.15) is 5.10 Å². The highest BCUT2D eigenvalue weighted by molar-refractivity contribution is 5.97. The van der Waals surface area contributed by atoms with Gasteiger partial charge in [-0.15, -0.1) is 0 Å². The fraction of sp³-hybridized carbons (Fsp3) is 0.250. The van der Waals surface area contributed by atoms with Gasteiger partial charge >= 0.3 is 5.97 Å². The Morgan fingerprint density at radius 1 is 1.40 bits per heavy atom. The second kappa shape index (κ2) is 5.57. The summed E-state index contributed by atoms with van der Waals surface area (Å²) in [5.74, 6) is -1.33. The maximum atomic E-state index is 12.0. The molecule has 1 amide bonds. The van der Waals surface area contributed by atoms with Crippen LogP contribution in [0.2, 0.25) is 0 Å². The summed E-state index contributed by atoms with van der Waals surface area (Å²) >= 11 is 0. The van der Waals surface area contributed by atoms with Crippen molar-refractivity contribution < 1.29 is 19.8 Å². The Balaban J connectivity index is 2.17. The molecule has 0 aliphatic rings. The molecule has 20 heavy (non-hydrogen) atoms. The molecule has 2 aromatic heterocycles. The van der Waals surface area contributed by atoms with Crippen molar-refractivity contribution in [3.63, 3.8) is 0 Å². The minimum Gasteiger partial charge on any atom is -0.479 e. The van der Waals surface area contributed by atoms with Crippen molar-refractivity contribution in [1.29, 1.82) is 0 Å². The number of hydrogen-bond donors (Lipinski definition) is 3. The molecule has 2 rings (SSSR count). The molecule has 8 heteroatoms. The number of rotatable bonds is 5. The highest BCUT2D eigenvalue weighted by Crippen LogP contribution is 2.13. The van der Waals surface area contributed by atoms with Crippen LogP contribution in [0.3, 0.4) is 0 Å². The number of carboxylic acid groups (broad SMARTS) is 1. The van der Waals surface area contributed by atoms with E-state index in [1.54, 1.807) is 24.0 Å². The molecule has 8 nitrogen and oxygen atoms in total. The number of aliphatic carboxylic acids is 1. The number of aliphatic hydroxyl groups is 1. The SMILES string of the molecule is Cn1ncc(C(=O)NCC(O)C(=O)O)c1-n1cccc1. The third kappa shape index (κ3) is 2.69. The van der Waals surface area contributed by atoms with Gasteiger partial charge in [0.1, 0.15) is 11.4 Å². The first-order valence-corrected chi connectivity index (χ1v) is 5.85. The summed E-state index contributed by atoms with van der Waals surface area (Å²) in [4.78, 5) is 22.5. The number of aryl methyl sites for hydroxylation is 1. The van der Waals surface area contributed by atoms with Gasteiger partial charge in [0.15, 0.2) is 6.10 Å². The number of carbonyl (C=O) groups is 2. The van der Waals surface area contributed by atoms with Gasteiger partial charge < -0.3 is 20.1 Å². The Labute approximate surface area is 114 Å². The van der Waals surface area contributed by atoms with Crippen LogP contribution in [-0.4, -0.2) is 49.1 Å². The maximum absolute atomic E-state index is 12.0. The van der Waals surface area contributed by atoms with Gasteiger partial charge in [-0.05, 0) is 12.1 Å². The Kier molecular flexibility index (Phi) is 3.85. The van der Waals surface area contributed by atoms with Crippen molar-refractivity contribution in [3.05, 3.63) is 36.3 Å². The molecule has 0 bridgehead atoms. The third-order valence-electron chi connectivity index (χ3n) is 2.74. The lowest BCUT2D eigenvalue weighted by Crippen LogP contribution is -2.36. The minimum atomic E-state index is -1.63. The van der Waals surface area contributed by atoms with Gasteiger partial charge in [0.25, 0.3) is 5.91 Å². The largest absolute Gasteiger partial charge is 0.479 e. The number of carboxylic acids is 1. The van der Waals surface area contributed by atoms with Gasteiger partial charge in [-0.25, -0.2) is 4.79 Å². The van der Waals surface area contributed by atoms with E-state index in [1.807, 2.05) is 12.1 Å². The van der Waals surface area contributed by atoms with Crippen LogP contribution >= 0.6 is 0 Å². The molecule has 0 aliphatic carbocycles. The molecule has 3 N–H and O–H groups in total. The van der Waals surface area contributed by atoms with Gasteiger partial charge in [0.2, 0.25) is 0 Å². The molecule has 2 aromatic rings. The van der Waals surface area contributed by atoms with Gasteiger partial charge in [-0.3, -0.25) is 9.48 Å². The summed E-state index contributed by atoms with van der Waals surface area (Å²) in [6, 6.07) is 3.62. The smallest absolute Gasteiger partial charge is 0.334 e. The van der Waals surface area contributed by atoms with E-state index in [0.717, 1.165) is 0 Å². The van der Waals surface area contributed by atoms with E-state index in [9.17, 15) is 9.59 Å². The van der Waals surface area contributed by atoms with Crippen LogP contribution in [0.4, 0.5) is 0 Å². The summed E-state index contributed by atoms with van der Waals surface area (Å²) in [5, 5.41) is 24.1. The molecule has 1 atom stereocenters. The van der Waals surface area contributed by atoms with E-state index in [-0.39, 0.29) is 6.54 Å². The monoisotopic (exact) mass is 278 g/mol. The van der Waals surface area contributed by atoms with Crippen molar-refractivity contribution in [2.24, 2.45) is 7.05 Å². The number of aromatic nitrogens is 3. The molecular weight excluding hydrogens is 264 g/mol. The Hall–Kier alpha value is -2.61. The van der Waals surface area contributed by atoms with Crippen molar-refractivity contribution in [3.8, 4) is 5.82 Å². The van der Waals surface area contributed by atoms with Crippen LogP contribution in [0.15, 0.2) is 30.7 Å². The lowest BCUT2D eigenvalue weighted by atomic mass is 10.3. The topological polar surface area (TPSA) is 109 Å². The molecule has 0 saturated carbocycles. The second-order valence-electron chi connectivity index (χ2n) is 4.16. The fourth-order valence-corrected chi connectivity index (χ4v) is 1.75. The van der Waals surface area contributed by atoms with Gasteiger partial charge in [0, 0.05) is 19.4 Å². The highest BCUT2D eigenvalue weighted by atomic mass is 16.4. The Morgan fingerprint density at radius 3 is 2.65 bits per heavy atom. The second-order valence-corrected chi connectivity index (χ2v) is 4.16. The first-order chi connectivity index (χ1) is 9.50. The molecule has 0 fully saturated rings. The molecule has 0 aromatic carbocycles. The first-order valence-electron chi connectivity index (χ1n) is 5.85. The van der Waals surface area contributed by atoms with Crippen LogP contribution in [0.5, 0.6) is 0 Å². The average Bonchev–Trinajstić information content (AvgIpc) is 3.03. The van der Waals surface area contributed by atoms with Crippen molar-refractivity contribution in [1.82, 2.24) is 19.7 Å². The van der Waals surface area contributed by atoms with Crippen molar-refractivity contribution in [2.75, 3.05) is 6.54 Å². The summed E-state index contributed by atoms with van der Waals surface area (Å²) < 4.78 is 3.25. The molecule has 0 radical (unpaired) electrons. The Bertz CT molecular complexity index is 617. The van der Waals surface area contributed by atoms with Crippen molar-refractivity contribution in [2.45, 2.75) is 6.10 Å². The predicted octanol–water partition coefficient (Wildman–Crippen LogP) is -0.614. The average molecular weight is 278 g/mol. The number of hydrogen-bond acceptors (Lipinski definition) is 4. The number of carbonyl (C=O) groups excluding carboxylic acids is 1. The zero-order valence-electron chi connectivity index (χ0n) is 10.7. The molecule has 1 unspecified atom stereocenters. The predicted molar refractivity (Wildman–Crippen MR) is 68.5 cm³/mol. The summed E-state index contributed by atoms with van der Waals surface area (Å²) in [6.45, 7) is -0.367. The fourth-order valence-electron chi connectivity index (χ4n) is 1.75. The van der Waals surface area contributed by atoms with Crippen LogP contribution in [0.1, 0.15) is 10.4 Å². The zero-order chi connectivity index (χ0) is 14.7. The van der Waals surface area contributed by atoms with Crippen LogP contribution in [0, 0.1) is 0 Å². The zero-order valence-corrected chi connectivity index (χ0v) is 10.7.